The summed E-state index contributed by atoms with van der Waals surface area (Å²) in [5.74, 6) is 1.38. The van der Waals surface area contributed by atoms with Crippen molar-refractivity contribution < 1.29 is 9.13 Å². The van der Waals surface area contributed by atoms with E-state index in [1.54, 1.807) is 6.07 Å². The molecule has 1 aliphatic heterocycles. The maximum absolute atomic E-state index is 13.6. The van der Waals surface area contributed by atoms with E-state index in [0.717, 1.165) is 17.7 Å². The first-order valence-electron chi connectivity index (χ1n) is 5.11. The average molecular weight is 194 g/mol. The van der Waals surface area contributed by atoms with Crippen LogP contribution in [0.15, 0.2) is 18.2 Å². The molecule has 0 N–H and O–H groups in total. The zero-order chi connectivity index (χ0) is 10.1. The zero-order valence-corrected chi connectivity index (χ0v) is 8.59. The third-order valence-corrected chi connectivity index (χ3v) is 2.87. The van der Waals surface area contributed by atoms with Gasteiger partial charge in [0.1, 0.15) is 11.6 Å². The number of fused-ring (bicyclic) bond motifs is 1. The van der Waals surface area contributed by atoms with Crippen LogP contribution >= 0.6 is 0 Å². The molecule has 0 amide bonds. The number of halogens is 1. The van der Waals surface area contributed by atoms with Crippen LogP contribution in [0, 0.1) is 11.7 Å². The van der Waals surface area contributed by atoms with Gasteiger partial charge in [0, 0.05) is 5.56 Å². The molecule has 0 bridgehead atoms. The van der Waals surface area contributed by atoms with Gasteiger partial charge in [0.05, 0.1) is 6.61 Å². The van der Waals surface area contributed by atoms with E-state index in [9.17, 15) is 4.39 Å². The van der Waals surface area contributed by atoms with Gasteiger partial charge in [-0.1, -0.05) is 19.9 Å². The molecule has 1 nitrogen and oxygen atoms in total. The van der Waals surface area contributed by atoms with Crippen molar-refractivity contribution >= 4 is 0 Å². The summed E-state index contributed by atoms with van der Waals surface area (Å²) in [5, 5.41) is 0. The van der Waals surface area contributed by atoms with E-state index in [4.69, 9.17) is 4.74 Å². The zero-order valence-electron chi connectivity index (χ0n) is 8.59. The Kier molecular flexibility index (Phi) is 2.44. The van der Waals surface area contributed by atoms with E-state index >= 15 is 0 Å². The van der Waals surface area contributed by atoms with E-state index in [1.807, 2.05) is 6.07 Å². The Morgan fingerprint density at radius 3 is 2.93 bits per heavy atom. The van der Waals surface area contributed by atoms with Gasteiger partial charge in [-0.25, -0.2) is 4.39 Å². The van der Waals surface area contributed by atoms with Crippen molar-refractivity contribution in [3.8, 4) is 5.75 Å². The summed E-state index contributed by atoms with van der Waals surface area (Å²) in [4.78, 5) is 0. The van der Waals surface area contributed by atoms with Gasteiger partial charge in [-0.3, -0.25) is 0 Å². The van der Waals surface area contributed by atoms with E-state index in [0.29, 0.717) is 18.4 Å². The van der Waals surface area contributed by atoms with E-state index in [2.05, 4.69) is 13.8 Å². The van der Waals surface area contributed by atoms with E-state index < -0.39 is 0 Å². The molecule has 0 aromatic heterocycles. The lowest BCUT2D eigenvalue weighted by molar-refractivity contribution is 0.242. The third-order valence-electron chi connectivity index (χ3n) is 2.87. The Hall–Kier alpha value is -1.05. The van der Waals surface area contributed by atoms with E-state index in [-0.39, 0.29) is 5.82 Å². The number of hydrogen-bond donors (Lipinski definition) is 0. The number of ether oxygens (including phenoxy) is 1. The highest BCUT2D eigenvalue weighted by molar-refractivity contribution is 5.39. The fraction of sp³-hybridized carbons (Fsp3) is 0.500. The molecule has 0 fully saturated rings. The first kappa shape index (κ1) is 9.50. The fourth-order valence-corrected chi connectivity index (χ4v) is 2.11. The Morgan fingerprint density at radius 1 is 1.43 bits per heavy atom. The Balaban J connectivity index is 2.47. The Labute approximate surface area is 83.9 Å². The van der Waals surface area contributed by atoms with Gasteiger partial charge in [-0.05, 0) is 30.4 Å². The van der Waals surface area contributed by atoms with Crippen LogP contribution in [0.25, 0.3) is 0 Å². The molecule has 0 radical (unpaired) electrons. The van der Waals surface area contributed by atoms with Crippen LogP contribution in [0.1, 0.15) is 31.7 Å². The second-order valence-corrected chi connectivity index (χ2v) is 4.14. The number of rotatable bonds is 1. The standard InChI is InChI=1S/C12H15FO/c1-8(2)9-6-7-14-11-5-3-4-10(13)12(9)11/h3-5,8-9H,6-7H2,1-2H3/t9-/m1/s1. The van der Waals surface area contributed by atoms with Crippen LogP contribution in [-0.2, 0) is 0 Å². The van der Waals surface area contributed by atoms with Gasteiger partial charge in [0.15, 0.2) is 0 Å². The highest BCUT2D eigenvalue weighted by Gasteiger charge is 2.26. The fourth-order valence-electron chi connectivity index (χ4n) is 2.11. The molecule has 2 rings (SSSR count). The van der Waals surface area contributed by atoms with Crippen molar-refractivity contribution in [2.45, 2.75) is 26.2 Å². The van der Waals surface area contributed by atoms with Gasteiger partial charge >= 0.3 is 0 Å². The van der Waals surface area contributed by atoms with Crippen molar-refractivity contribution in [2.24, 2.45) is 5.92 Å². The smallest absolute Gasteiger partial charge is 0.130 e. The molecular weight excluding hydrogens is 179 g/mol. The van der Waals surface area contributed by atoms with Crippen LogP contribution in [0.3, 0.4) is 0 Å². The summed E-state index contributed by atoms with van der Waals surface area (Å²) in [5.41, 5.74) is 0.772. The molecule has 0 unspecified atom stereocenters. The second-order valence-electron chi connectivity index (χ2n) is 4.14. The highest BCUT2D eigenvalue weighted by atomic mass is 19.1. The van der Waals surface area contributed by atoms with Crippen molar-refractivity contribution in [3.63, 3.8) is 0 Å². The molecule has 1 aromatic rings. The summed E-state index contributed by atoms with van der Waals surface area (Å²) in [6, 6.07) is 5.08. The summed E-state index contributed by atoms with van der Waals surface area (Å²) in [6.07, 6.45) is 0.922. The average Bonchev–Trinajstić information content (AvgIpc) is 2.17. The lowest BCUT2D eigenvalue weighted by atomic mass is 9.84. The summed E-state index contributed by atoms with van der Waals surface area (Å²) < 4.78 is 19.0. The van der Waals surface area contributed by atoms with Crippen molar-refractivity contribution in [3.05, 3.63) is 29.6 Å². The number of benzene rings is 1. The van der Waals surface area contributed by atoms with Gasteiger partial charge in [0.2, 0.25) is 0 Å². The summed E-state index contributed by atoms with van der Waals surface area (Å²) >= 11 is 0. The van der Waals surface area contributed by atoms with E-state index in [1.165, 1.54) is 6.07 Å². The normalized spacial score (nSPS) is 20.4. The minimum Gasteiger partial charge on any atom is -0.493 e. The molecular formula is C12H15FO. The van der Waals surface area contributed by atoms with Crippen molar-refractivity contribution in [1.29, 1.82) is 0 Å². The van der Waals surface area contributed by atoms with Crippen LogP contribution in [-0.4, -0.2) is 6.61 Å². The quantitative estimate of drug-likeness (QED) is 0.666. The molecule has 1 aliphatic rings. The van der Waals surface area contributed by atoms with Gasteiger partial charge in [0.25, 0.3) is 0 Å². The lowest BCUT2D eigenvalue weighted by Gasteiger charge is -2.28. The molecule has 0 saturated heterocycles. The number of hydrogen-bond acceptors (Lipinski definition) is 1. The molecule has 2 heteroatoms. The molecule has 1 heterocycles. The lowest BCUT2D eigenvalue weighted by Crippen LogP contribution is -2.19. The van der Waals surface area contributed by atoms with Gasteiger partial charge in [-0.15, -0.1) is 0 Å². The van der Waals surface area contributed by atoms with Crippen molar-refractivity contribution in [2.75, 3.05) is 6.61 Å². The maximum Gasteiger partial charge on any atom is 0.130 e. The SMILES string of the molecule is CC(C)[C@H]1CCOc2cccc(F)c21. The van der Waals surface area contributed by atoms with Crippen LogP contribution in [0.2, 0.25) is 0 Å². The first-order valence-corrected chi connectivity index (χ1v) is 5.11. The monoisotopic (exact) mass is 194 g/mol. The largest absolute Gasteiger partial charge is 0.493 e. The highest BCUT2D eigenvalue weighted by Crippen LogP contribution is 2.39. The van der Waals surface area contributed by atoms with Crippen LogP contribution in [0.4, 0.5) is 4.39 Å². The molecule has 76 valence electrons. The molecule has 0 saturated carbocycles. The molecule has 0 spiro atoms. The topological polar surface area (TPSA) is 9.23 Å². The van der Waals surface area contributed by atoms with Crippen LogP contribution in [0.5, 0.6) is 5.75 Å². The minimum absolute atomic E-state index is 0.124. The van der Waals surface area contributed by atoms with Gasteiger partial charge in [-0.2, -0.15) is 0 Å². The summed E-state index contributed by atoms with van der Waals surface area (Å²) in [6.45, 7) is 4.97. The van der Waals surface area contributed by atoms with Gasteiger partial charge < -0.3 is 4.74 Å². The van der Waals surface area contributed by atoms with Crippen LogP contribution < -0.4 is 4.74 Å². The predicted octanol–water partition coefficient (Wildman–Crippen LogP) is 3.35. The molecule has 14 heavy (non-hydrogen) atoms. The summed E-state index contributed by atoms with van der Waals surface area (Å²) in [7, 11) is 0. The molecule has 1 aromatic carbocycles. The predicted molar refractivity (Wildman–Crippen MR) is 54.1 cm³/mol. The molecule has 0 aliphatic carbocycles. The first-order chi connectivity index (χ1) is 6.70. The minimum atomic E-state index is -0.124. The Morgan fingerprint density at radius 2 is 2.21 bits per heavy atom. The van der Waals surface area contributed by atoms with Crippen molar-refractivity contribution in [1.82, 2.24) is 0 Å². The second kappa shape index (κ2) is 3.60. The Bertz CT molecular complexity index is 333. The third kappa shape index (κ3) is 1.49. The molecule has 1 atom stereocenters. The maximum atomic E-state index is 13.6.